The fourth-order valence-electron chi connectivity index (χ4n) is 6.75. The van der Waals surface area contributed by atoms with Crippen LogP contribution in [0.3, 0.4) is 0 Å². The zero-order chi connectivity index (χ0) is 26.7. The van der Waals surface area contributed by atoms with E-state index in [9.17, 15) is 9.90 Å². The molecule has 2 aromatic heterocycles. The summed E-state index contributed by atoms with van der Waals surface area (Å²) in [6.45, 7) is -3.04. The van der Waals surface area contributed by atoms with Crippen molar-refractivity contribution in [2.75, 3.05) is 6.54 Å². The molecule has 6 rings (SSSR count). The molecule has 0 saturated carbocycles. The van der Waals surface area contributed by atoms with E-state index >= 15 is 0 Å². The topological polar surface area (TPSA) is 66.8 Å². The molecule has 0 amide bonds. The van der Waals surface area contributed by atoms with Gasteiger partial charge in [0.1, 0.15) is 0 Å². The number of carbonyl (C=O) groups is 1. The zero-order valence-corrected chi connectivity index (χ0v) is 22.6. The third-order valence-electron chi connectivity index (χ3n) is 8.33. The van der Waals surface area contributed by atoms with Crippen molar-refractivity contribution >= 4 is 28.6 Å². The molecule has 1 aliphatic rings. The number of aliphatic carboxylic acids is 1. The van der Waals surface area contributed by atoms with Crippen molar-refractivity contribution in [3.8, 4) is 0 Å². The van der Waals surface area contributed by atoms with Crippen LogP contribution in [0.25, 0.3) is 0 Å². The van der Waals surface area contributed by atoms with E-state index < -0.39 is 18.8 Å². The van der Waals surface area contributed by atoms with E-state index in [0.717, 1.165) is 33.5 Å². The third-order valence-corrected chi connectivity index (χ3v) is 15.1. The summed E-state index contributed by atoms with van der Waals surface area (Å²) in [7, 11) is 0. The molecule has 0 radical (unpaired) electrons. The van der Waals surface area contributed by atoms with Gasteiger partial charge in [0.2, 0.25) is 0 Å². The number of nitrogens with zero attached hydrogens (tertiary/aromatic N) is 1. The maximum absolute atomic E-state index is 13.2. The molecule has 1 unspecified atom stereocenters. The van der Waals surface area contributed by atoms with Crippen LogP contribution in [-0.2, 0) is 17.4 Å². The molecule has 1 fully saturated rings. The van der Waals surface area contributed by atoms with Gasteiger partial charge in [-0.2, -0.15) is 0 Å². The van der Waals surface area contributed by atoms with E-state index in [1.807, 2.05) is 36.6 Å². The van der Waals surface area contributed by atoms with Gasteiger partial charge >= 0.3 is 229 Å². The second-order valence-electron chi connectivity index (χ2n) is 10.5. The van der Waals surface area contributed by atoms with Crippen molar-refractivity contribution in [1.82, 2.24) is 4.67 Å². The first-order chi connectivity index (χ1) is 19.1. The van der Waals surface area contributed by atoms with Crippen LogP contribution in [0.5, 0.6) is 0 Å². The van der Waals surface area contributed by atoms with Crippen molar-refractivity contribution in [3.05, 3.63) is 139 Å². The molecule has 1 saturated heterocycles. The Labute approximate surface area is 228 Å². The molecule has 1 aliphatic heterocycles. The first kappa shape index (κ1) is 25.4. The Hall–Kier alpha value is -3.92. The summed E-state index contributed by atoms with van der Waals surface area (Å²) < 4.78 is 13.4. The summed E-state index contributed by atoms with van der Waals surface area (Å²) in [5.41, 5.74) is 2.15. The molecule has 39 heavy (non-hydrogen) atoms. The van der Waals surface area contributed by atoms with Crippen LogP contribution in [0, 0.1) is 5.92 Å². The zero-order valence-electron chi connectivity index (χ0n) is 21.7. The van der Waals surface area contributed by atoms with Gasteiger partial charge in [-0.15, -0.1) is 0 Å². The molecular weight excluding hydrogens is 505 g/mol. The fourth-order valence-corrected chi connectivity index (χ4v) is 14.0. The number of hydrogen-bond acceptors (Lipinski definition) is 4. The molecule has 0 spiro atoms. The molecule has 5 nitrogen and oxygen atoms in total. The fraction of sp³-hybridized carbons (Fsp3) is 0.182. The Kier molecular flexibility index (Phi) is 6.72. The van der Waals surface area contributed by atoms with Crippen LogP contribution >= 0.6 is 6.75 Å². The number of rotatable bonds is 9. The minimum atomic E-state index is -3.69. The van der Waals surface area contributed by atoms with Gasteiger partial charge in [-0.05, 0) is 0 Å². The van der Waals surface area contributed by atoms with Gasteiger partial charge in [-0.25, -0.2) is 0 Å². The van der Waals surface area contributed by atoms with Crippen LogP contribution in [0.4, 0.5) is 0 Å². The summed E-state index contributed by atoms with van der Waals surface area (Å²) in [5.74, 6) is -0.626. The van der Waals surface area contributed by atoms with E-state index in [2.05, 4.69) is 77.5 Å². The number of carboxylic acid groups (broad SMARTS) is 1. The molecule has 3 heterocycles. The number of hydrogen-bond donors (Lipinski definition) is 1. The predicted octanol–water partition coefficient (Wildman–Crippen LogP) is 5.84. The van der Waals surface area contributed by atoms with E-state index in [4.69, 9.17) is 8.83 Å². The molecule has 3 aromatic carbocycles. The quantitative estimate of drug-likeness (QED) is 0.240. The molecule has 0 bridgehead atoms. The van der Waals surface area contributed by atoms with Gasteiger partial charge in [0.05, 0.1) is 0 Å². The van der Waals surface area contributed by atoms with Crippen molar-refractivity contribution in [2.45, 2.75) is 25.0 Å². The maximum atomic E-state index is 13.2. The first-order valence-electron chi connectivity index (χ1n) is 13.3. The van der Waals surface area contributed by atoms with Gasteiger partial charge in [0, 0.05) is 0 Å². The van der Waals surface area contributed by atoms with Crippen LogP contribution < -0.4 is 15.9 Å². The summed E-state index contributed by atoms with van der Waals surface area (Å²) in [5, 5.41) is 14.3. The first-order valence-corrected chi connectivity index (χ1v) is 15.7. The predicted molar refractivity (Wildman–Crippen MR) is 156 cm³/mol. The Morgan fingerprint density at radius 1 is 0.744 bits per heavy atom. The van der Waals surface area contributed by atoms with E-state index in [1.54, 1.807) is 18.8 Å². The van der Waals surface area contributed by atoms with E-state index in [1.165, 1.54) is 0 Å². The Morgan fingerprint density at radius 3 is 1.67 bits per heavy atom. The number of furan rings is 2. The van der Waals surface area contributed by atoms with Crippen LogP contribution in [0.1, 0.15) is 17.5 Å². The molecule has 198 valence electrons. The van der Waals surface area contributed by atoms with Gasteiger partial charge < -0.3 is 0 Å². The number of benzene rings is 3. The average molecular weight is 538 g/mol. The molecule has 5 aromatic rings. The molecular formula is C33H32NO4P. The SMILES string of the molecule is O=C(O)[C@@H]1CC(Cc2ccoc2)CN1P(Cc1ccoc1)(c1ccccc1)(c1ccccc1)c1ccccc1. The van der Waals surface area contributed by atoms with Crippen molar-refractivity contribution in [2.24, 2.45) is 5.92 Å². The molecule has 1 N–H and O–H groups in total. The van der Waals surface area contributed by atoms with Crippen LogP contribution in [0.15, 0.2) is 137 Å². The average Bonchev–Trinajstić information content (AvgIpc) is 3.77. The standard InChI is InChI=1S/C33H32NO4P/c35-33(36)32-21-28(20-26-16-18-37-23-26)22-34(32)39(25-27-17-19-38-24-27,29-10-4-1-5-11-29,30-12-6-2-7-13-30)31-14-8-3-9-15-31/h1-19,23-24,28,32H,20-22,25H2,(H,35,36)/t28?,32-/m0/s1. The molecule has 2 atom stereocenters. The Bertz CT molecular complexity index is 1400. The summed E-state index contributed by atoms with van der Waals surface area (Å²) in [6.07, 6.45) is 8.95. The summed E-state index contributed by atoms with van der Waals surface area (Å²) >= 11 is 0. The summed E-state index contributed by atoms with van der Waals surface area (Å²) in [4.78, 5) is 13.2. The van der Waals surface area contributed by atoms with Gasteiger partial charge in [-0.1, -0.05) is 0 Å². The minimum absolute atomic E-state index is 0.158. The van der Waals surface area contributed by atoms with Crippen molar-refractivity contribution in [1.29, 1.82) is 0 Å². The van der Waals surface area contributed by atoms with Gasteiger partial charge in [-0.3, -0.25) is 0 Å². The Morgan fingerprint density at radius 2 is 1.23 bits per heavy atom. The van der Waals surface area contributed by atoms with Crippen molar-refractivity contribution in [3.63, 3.8) is 0 Å². The van der Waals surface area contributed by atoms with Crippen molar-refractivity contribution < 1.29 is 18.7 Å². The third kappa shape index (κ3) is 4.14. The van der Waals surface area contributed by atoms with Gasteiger partial charge in [0.25, 0.3) is 0 Å². The Balaban J connectivity index is 1.71. The normalized spacial score (nSPS) is 18.9. The molecule has 6 heteroatoms. The van der Waals surface area contributed by atoms with Gasteiger partial charge in [0.15, 0.2) is 0 Å². The molecule has 0 aliphatic carbocycles. The monoisotopic (exact) mass is 537 g/mol. The summed E-state index contributed by atoms with van der Waals surface area (Å²) in [6, 6.07) is 35.1. The van der Waals surface area contributed by atoms with Crippen LogP contribution in [0.2, 0.25) is 0 Å². The van der Waals surface area contributed by atoms with E-state index in [-0.39, 0.29) is 5.92 Å². The number of carboxylic acids is 1. The van der Waals surface area contributed by atoms with Crippen LogP contribution in [-0.4, -0.2) is 28.3 Å². The second-order valence-corrected chi connectivity index (χ2v) is 15.3. The second kappa shape index (κ2) is 10.3. The van der Waals surface area contributed by atoms with E-state index in [0.29, 0.717) is 19.1 Å².